The van der Waals surface area contributed by atoms with E-state index < -0.39 is 0 Å². The molecule has 3 aromatic rings. The van der Waals surface area contributed by atoms with Crippen LogP contribution in [0, 0.1) is 0 Å². The minimum Gasteiger partial charge on any atom is -0.0642 e. The predicted molar refractivity (Wildman–Crippen MR) is 108 cm³/mol. The molecule has 0 saturated carbocycles. The quantitative estimate of drug-likeness (QED) is 0.487. The average molecular weight is 328 g/mol. The first-order valence-electron chi connectivity index (χ1n) is 9.20. The first-order valence-corrected chi connectivity index (χ1v) is 9.20. The summed E-state index contributed by atoms with van der Waals surface area (Å²) in [6, 6.07) is 30.8. The fourth-order valence-electron chi connectivity index (χ4n) is 3.66. The molecule has 128 valence electrons. The molecule has 0 spiro atoms. The second kappa shape index (κ2) is 6.88. The van der Waals surface area contributed by atoms with Crippen LogP contribution in [0.15, 0.2) is 84.9 Å². The van der Waals surface area contributed by atoms with E-state index >= 15 is 0 Å². The Balaban J connectivity index is 1.97. The highest BCUT2D eigenvalue weighted by Crippen LogP contribution is 2.37. The van der Waals surface area contributed by atoms with Gasteiger partial charge in [-0.25, -0.2) is 0 Å². The van der Waals surface area contributed by atoms with Gasteiger partial charge in [0, 0.05) is 10.8 Å². The summed E-state index contributed by atoms with van der Waals surface area (Å²) in [4.78, 5) is 0. The van der Waals surface area contributed by atoms with Gasteiger partial charge in [0.25, 0.3) is 0 Å². The van der Waals surface area contributed by atoms with E-state index in [1.807, 2.05) is 0 Å². The molecular weight excluding hydrogens is 300 g/mol. The van der Waals surface area contributed by atoms with Gasteiger partial charge in [-0.3, -0.25) is 0 Å². The molecule has 0 radical (unpaired) electrons. The fraction of sp³-hybridized carbons (Fsp3) is 0.280. The Morgan fingerprint density at radius 3 is 1.36 bits per heavy atom. The highest BCUT2D eigenvalue weighted by atomic mass is 14.3. The van der Waals surface area contributed by atoms with Crippen LogP contribution in [0.3, 0.4) is 0 Å². The zero-order valence-corrected chi connectivity index (χ0v) is 15.8. The molecule has 0 bridgehead atoms. The molecule has 0 aromatic heterocycles. The van der Waals surface area contributed by atoms with Gasteiger partial charge in [0.05, 0.1) is 0 Å². The van der Waals surface area contributed by atoms with Crippen molar-refractivity contribution in [3.8, 4) is 0 Å². The highest BCUT2D eigenvalue weighted by Gasteiger charge is 2.28. The Labute approximate surface area is 152 Å². The monoisotopic (exact) mass is 328 g/mol. The molecule has 0 N–H and O–H groups in total. The van der Waals surface area contributed by atoms with Gasteiger partial charge < -0.3 is 0 Å². The molecule has 3 aromatic carbocycles. The largest absolute Gasteiger partial charge is 0.0642 e. The Morgan fingerprint density at radius 1 is 0.520 bits per heavy atom. The summed E-state index contributed by atoms with van der Waals surface area (Å²) in [7, 11) is 0. The number of hydrogen-bond acceptors (Lipinski definition) is 0. The van der Waals surface area contributed by atoms with Crippen LogP contribution < -0.4 is 0 Å². The average Bonchev–Trinajstić information content (AvgIpc) is 2.69. The van der Waals surface area contributed by atoms with Crippen molar-refractivity contribution in [2.75, 3.05) is 0 Å². The maximum absolute atomic E-state index is 2.35. The van der Waals surface area contributed by atoms with Crippen molar-refractivity contribution in [3.05, 3.63) is 107 Å². The minimum atomic E-state index is 0.00908. The summed E-state index contributed by atoms with van der Waals surface area (Å²) in [5, 5.41) is 0. The SMILES string of the molecule is CCC(C)(c1ccccc1)c1ccc(C(C)(C)c2ccccc2)cc1. The molecule has 0 amide bonds. The summed E-state index contributed by atoms with van der Waals surface area (Å²) in [5.74, 6) is 0. The van der Waals surface area contributed by atoms with Crippen LogP contribution in [-0.2, 0) is 10.8 Å². The lowest BCUT2D eigenvalue weighted by Crippen LogP contribution is -2.23. The minimum absolute atomic E-state index is 0.00908. The molecule has 25 heavy (non-hydrogen) atoms. The Kier molecular flexibility index (Phi) is 4.81. The van der Waals surface area contributed by atoms with E-state index in [1.54, 1.807) is 0 Å². The summed E-state index contributed by atoms with van der Waals surface area (Å²) in [5.41, 5.74) is 5.53. The Morgan fingerprint density at radius 2 is 0.880 bits per heavy atom. The van der Waals surface area contributed by atoms with Crippen LogP contribution in [0.25, 0.3) is 0 Å². The third-order valence-electron chi connectivity index (χ3n) is 5.86. The van der Waals surface area contributed by atoms with Crippen LogP contribution >= 0.6 is 0 Å². The van der Waals surface area contributed by atoms with Gasteiger partial charge in [0.1, 0.15) is 0 Å². The molecule has 0 aliphatic heterocycles. The van der Waals surface area contributed by atoms with Crippen LogP contribution in [0.2, 0.25) is 0 Å². The second-order valence-corrected chi connectivity index (χ2v) is 7.62. The van der Waals surface area contributed by atoms with E-state index in [2.05, 4.69) is 113 Å². The summed E-state index contributed by atoms with van der Waals surface area (Å²) >= 11 is 0. The molecule has 0 nitrogen and oxygen atoms in total. The molecular formula is C25H28. The fourth-order valence-corrected chi connectivity index (χ4v) is 3.66. The van der Waals surface area contributed by atoms with Crippen molar-refractivity contribution >= 4 is 0 Å². The molecule has 0 heterocycles. The molecule has 1 atom stereocenters. The van der Waals surface area contributed by atoms with Crippen LogP contribution in [-0.4, -0.2) is 0 Å². The summed E-state index contributed by atoms with van der Waals surface area (Å²) in [6.45, 7) is 9.22. The van der Waals surface area contributed by atoms with Crippen molar-refractivity contribution in [3.63, 3.8) is 0 Å². The normalized spacial score (nSPS) is 14.1. The highest BCUT2D eigenvalue weighted by molar-refractivity contribution is 5.43. The van der Waals surface area contributed by atoms with Gasteiger partial charge in [-0.1, -0.05) is 113 Å². The first kappa shape index (κ1) is 17.5. The topological polar surface area (TPSA) is 0 Å². The van der Waals surface area contributed by atoms with Gasteiger partial charge in [0.15, 0.2) is 0 Å². The molecule has 0 aliphatic rings. The van der Waals surface area contributed by atoms with Crippen molar-refractivity contribution in [2.24, 2.45) is 0 Å². The lowest BCUT2D eigenvalue weighted by Gasteiger charge is -2.31. The number of rotatable bonds is 5. The van der Waals surface area contributed by atoms with Crippen molar-refractivity contribution in [2.45, 2.75) is 44.9 Å². The third-order valence-corrected chi connectivity index (χ3v) is 5.86. The molecule has 0 heteroatoms. The van der Waals surface area contributed by atoms with Gasteiger partial charge in [-0.05, 0) is 28.7 Å². The zero-order valence-electron chi connectivity index (χ0n) is 15.8. The maximum atomic E-state index is 2.35. The van der Waals surface area contributed by atoms with E-state index in [4.69, 9.17) is 0 Å². The summed E-state index contributed by atoms with van der Waals surface area (Å²) < 4.78 is 0. The Hall–Kier alpha value is -2.34. The first-order chi connectivity index (χ1) is 12.0. The van der Waals surface area contributed by atoms with E-state index in [9.17, 15) is 0 Å². The molecule has 1 unspecified atom stereocenters. The Bertz CT molecular complexity index is 798. The van der Waals surface area contributed by atoms with Crippen molar-refractivity contribution in [1.82, 2.24) is 0 Å². The van der Waals surface area contributed by atoms with Crippen molar-refractivity contribution < 1.29 is 0 Å². The number of hydrogen-bond donors (Lipinski definition) is 0. The lowest BCUT2D eigenvalue weighted by atomic mass is 9.72. The standard InChI is InChI=1S/C25H28/c1-5-25(4,22-14-10-7-11-15-22)23-18-16-21(17-19-23)24(2,3)20-12-8-6-9-13-20/h6-19H,5H2,1-4H3. The van der Waals surface area contributed by atoms with E-state index in [0.29, 0.717) is 0 Å². The van der Waals surface area contributed by atoms with Crippen molar-refractivity contribution in [1.29, 1.82) is 0 Å². The molecule has 0 aliphatic carbocycles. The molecule has 0 saturated heterocycles. The molecule has 3 rings (SSSR count). The van der Waals surface area contributed by atoms with E-state index in [1.165, 1.54) is 22.3 Å². The summed E-state index contributed by atoms with van der Waals surface area (Å²) in [6.07, 6.45) is 1.08. The predicted octanol–water partition coefficient (Wildman–Crippen LogP) is 6.73. The maximum Gasteiger partial charge on any atom is 0.0172 e. The van der Waals surface area contributed by atoms with Gasteiger partial charge in [-0.2, -0.15) is 0 Å². The second-order valence-electron chi connectivity index (χ2n) is 7.62. The lowest BCUT2D eigenvalue weighted by molar-refractivity contribution is 0.548. The van der Waals surface area contributed by atoms with Gasteiger partial charge >= 0.3 is 0 Å². The number of benzene rings is 3. The third kappa shape index (κ3) is 3.26. The van der Waals surface area contributed by atoms with Crippen LogP contribution in [0.5, 0.6) is 0 Å². The van der Waals surface area contributed by atoms with Crippen LogP contribution in [0.4, 0.5) is 0 Å². The zero-order chi connectivity index (χ0) is 17.9. The molecule has 0 fully saturated rings. The van der Waals surface area contributed by atoms with E-state index in [-0.39, 0.29) is 10.8 Å². The van der Waals surface area contributed by atoms with E-state index in [0.717, 1.165) is 6.42 Å². The van der Waals surface area contributed by atoms with Gasteiger partial charge in [-0.15, -0.1) is 0 Å². The van der Waals surface area contributed by atoms with Crippen LogP contribution in [0.1, 0.15) is 56.4 Å². The smallest absolute Gasteiger partial charge is 0.0172 e. The van der Waals surface area contributed by atoms with Gasteiger partial charge in [0.2, 0.25) is 0 Å².